The van der Waals surface area contributed by atoms with Gasteiger partial charge in [-0.05, 0) is 24.5 Å². The molecule has 4 nitrogen and oxygen atoms in total. The zero-order chi connectivity index (χ0) is 17.2. The molecule has 3 aromatic rings. The third-order valence-corrected chi connectivity index (χ3v) is 4.90. The van der Waals surface area contributed by atoms with Crippen molar-refractivity contribution >= 4 is 16.8 Å². The Morgan fingerprint density at radius 3 is 2.68 bits per heavy atom. The minimum Gasteiger partial charge on any atom is -0.376 e. The summed E-state index contributed by atoms with van der Waals surface area (Å²) >= 11 is 0. The quantitative estimate of drug-likeness (QED) is 0.789. The van der Waals surface area contributed by atoms with Gasteiger partial charge >= 0.3 is 0 Å². The Kier molecular flexibility index (Phi) is 4.28. The van der Waals surface area contributed by atoms with Gasteiger partial charge in [0.2, 0.25) is 0 Å². The second kappa shape index (κ2) is 6.73. The number of para-hydroxylation sites is 1. The largest absolute Gasteiger partial charge is 0.376 e. The fraction of sp³-hybridized carbons (Fsp3) is 0.286. The van der Waals surface area contributed by atoms with Crippen molar-refractivity contribution in [1.82, 2.24) is 9.88 Å². The first-order chi connectivity index (χ1) is 12.3. The number of carbonyl (C=O) groups excluding carboxylic acids is 1. The number of aromatic nitrogens is 1. The second-order valence-electron chi connectivity index (χ2n) is 6.51. The van der Waals surface area contributed by atoms with Crippen molar-refractivity contribution in [2.24, 2.45) is 7.05 Å². The van der Waals surface area contributed by atoms with E-state index in [1.165, 1.54) is 0 Å². The van der Waals surface area contributed by atoms with E-state index in [1.807, 2.05) is 55.6 Å². The van der Waals surface area contributed by atoms with Crippen LogP contribution in [0.25, 0.3) is 22.2 Å². The van der Waals surface area contributed by atoms with Gasteiger partial charge in [0.05, 0.1) is 17.4 Å². The molecule has 1 atom stereocenters. The van der Waals surface area contributed by atoms with E-state index in [9.17, 15) is 4.79 Å². The molecule has 1 aliphatic heterocycles. The molecule has 1 amide bonds. The minimum atomic E-state index is -0.0360. The first-order valence-electron chi connectivity index (χ1n) is 8.78. The Bertz CT molecular complexity index is 893. The van der Waals surface area contributed by atoms with E-state index in [2.05, 4.69) is 16.0 Å². The predicted octanol–water partition coefficient (Wildman–Crippen LogP) is 3.75. The zero-order valence-electron chi connectivity index (χ0n) is 14.4. The van der Waals surface area contributed by atoms with Gasteiger partial charge in [0.25, 0.3) is 5.91 Å². The van der Waals surface area contributed by atoms with Crippen molar-refractivity contribution in [3.63, 3.8) is 0 Å². The molecule has 1 N–H and O–H groups in total. The number of benzene rings is 2. The van der Waals surface area contributed by atoms with Gasteiger partial charge in [-0.15, -0.1) is 0 Å². The molecule has 4 heteroatoms. The van der Waals surface area contributed by atoms with Crippen LogP contribution in [0.2, 0.25) is 0 Å². The second-order valence-corrected chi connectivity index (χ2v) is 6.51. The third-order valence-electron chi connectivity index (χ3n) is 4.90. The van der Waals surface area contributed by atoms with E-state index in [1.54, 1.807) is 0 Å². The molecule has 2 aromatic carbocycles. The molecule has 0 aliphatic carbocycles. The summed E-state index contributed by atoms with van der Waals surface area (Å²) in [5.74, 6) is -0.0360. The molecule has 128 valence electrons. The Hall–Kier alpha value is -2.59. The van der Waals surface area contributed by atoms with Gasteiger partial charge in [-0.3, -0.25) is 4.79 Å². The Balaban J connectivity index is 1.76. The van der Waals surface area contributed by atoms with E-state index >= 15 is 0 Å². The molecule has 1 saturated heterocycles. The van der Waals surface area contributed by atoms with Gasteiger partial charge in [0.15, 0.2) is 0 Å². The Labute approximate surface area is 147 Å². The molecule has 25 heavy (non-hydrogen) atoms. The van der Waals surface area contributed by atoms with E-state index in [0.29, 0.717) is 6.54 Å². The predicted molar refractivity (Wildman–Crippen MR) is 99.7 cm³/mol. The van der Waals surface area contributed by atoms with Crippen LogP contribution in [0.1, 0.15) is 23.2 Å². The highest BCUT2D eigenvalue weighted by molar-refractivity contribution is 6.12. The fourth-order valence-corrected chi connectivity index (χ4v) is 3.66. The SMILES string of the molecule is Cn1c(-c2ccccc2)c(C(=O)NC[C@H]2CCCO2)c2ccccc21. The number of aryl methyl sites for hydroxylation is 1. The molecule has 1 fully saturated rings. The first kappa shape index (κ1) is 15.9. The lowest BCUT2D eigenvalue weighted by Gasteiger charge is -2.12. The van der Waals surface area contributed by atoms with Crippen LogP contribution in [-0.2, 0) is 11.8 Å². The van der Waals surface area contributed by atoms with E-state index in [0.717, 1.165) is 47.2 Å². The number of hydrogen-bond acceptors (Lipinski definition) is 2. The molecule has 2 heterocycles. The molecule has 0 radical (unpaired) electrons. The lowest BCUT2D eigenvalue weighted by molar-refractivity contribution is 0.0859. The fourth-order valence-electron chi connectivity index (χ4n) is 3.66. The van der Waals surface area contributed by atoms with Gasteiger partial charge in [-0.2, -0.15) is 0 Å². The van der Waals surface area contributed by atoms with Crippen molar-refractivity contribution in [3.8, 4) is 11.3 Å². The normalized spacial score (nSPS) is 17.1. The summed E-state index contributed by atoms with van der Waals surface area (Å²) in [4.78, 5) is 13.0. The Morgan fingerprint density at radius 1 is 1.16 bits per heavy atom. The summed E-state index contributed by atoms with van der Waals surface area (Å²) < 4.78 is 7.73. The Morgan fingerprint density at radius 2 is 1.92 bits per heavy atom. The topological polar surface area (TPSA) is 43.3 Å². The molecule has 0 unspecified atom stereocenters. The number of amides is 1. The maximum Gasteiger partial charge on any atom is 0.254 e. The van der Waals surface area contributed by atoms with Gasteiger partial charge in [0.1, 0.15) is 0 Å². The number of ether oxygens (including phenoxy) is 1. The van der Waals surface area contributed by atoms with Crippen molar-refractivity contribution in [2.45, 2.75) is 18.9 Å². The number of hydrogen-bond donors (Lipinski definition) is 1. The van der Waals surface area contributed by atoms with Crippen molar-refractivity contribution < 1.29 is 9.53 Å². The number of rotatable bonds is 4. The molecule has 4 rings (SSSR count). The van der Waals surface area contributed by atoms with E-state index in [-0.39, 0.29) is 12.0 Å². The highest BCUT2D eigenvalue weighted by atomic mass is 16.5. The summed E-state index contributed by atoms with van der Waals surface area (Å²) in [6.45, 7) is 1.36. The minimum absolute atomic E-state index is 0.0360. The summed E-state index contributed by atoms with van der Waals surface area (Å²) in [5, 5.41) is 4.06. The maximum atomic E-state index is 13.0. The smallest absolute Gasteiger partial charge is 0.254 e. The van der Waals surface area contributed by atoms with Crippen LogP contribution in [0, 0.1) is 0 Å². The molecule has 1 aromatic heterocycles. The molecule has 0 saturated carbocycles. The summed E-state index contributed by atoms with van der Waals surface area (Å²) in [7, 11) is 2.02. The summed E-state index contributed by atoms with van der Waals surface area (Å²) in [6.07, 6.45) is 2.23. The van der Waals surface area contributed by atoms with E-state index < -0.39 is 0 Å². The highest BCUT2D eigenvalue weighted by Gasteiger charge is 2.23. The molecular formula is C21H22N2O2. The van der Waals surface area contributed by atoms with Gasteiger partial charge in [-0.25, -0.2) is 0 Å². The maximum absolute atomic E-state index is 13.0. The number of carbonyl (C=O) groups is 1. The lowest BCUT2D eigenvalue weighted by atomic mass is 10.0. The standard InChI is InChI=1S/C21H22N2O2/c1-23-18-12-6-5-11-17(18)19(20(23)15-8-3-2-4-9-15)21(24)22-14-16-10-7-13-25-16/h2-6,8-9,11-12,16H,7,10,13-14H2,1H3,(H,22,24)/t16-/m1/s1. The van der Waals surface area contributed by atoms with Gasteiger partial charge in [-0.1, -0.05) is 48.5 Å². The van der Waals surface area contributed by atoms with Crippen LogP contribution in [0.4, 0.5) is 0 Å². The number of nitrogens with zero attached hydrogens (tertiary/aromatic N) is 1. The molecular weight excluding hydrogens is 312 g/mol. The van der Waals surface area contributed by atoms with Crippen LogP contribution in [0.3, 0.4) is 0 Å². The third kappa shape index (κ3) is 2.94. The zero-order valence-corrected chi connectivity index (χ0v) is 14.4. The average Bonchev–Trinajstić information content (AvgIpc) is 3.27. The highest BCUT2D eigenvalue weighted by Crippen LogP contribution is 2.32. The average molecular weight is 334 g/mol. The molecule has 0 spiro atoms. The van der Waals surface area contributed by atoms with Crippen LogP contribution < -0.4 is 5.32 Å². The molecule has 0 bridgehead atoms. The lowest BCUT2D eigenvalue weighted by Crippen LogP contribution is -2.32. The molecule has 1 aliphatic rings. The van der Waals surface area contributed by atoms with Crippen LogP contribution in [0.5, 0.6) is 0 Å². The van der Waals surface area contributed by atoms with Gasteiger partial charge < -0.3 is 14.6 Å². The van der Waals surface area contributed by atoms with Crippen LogP contribution in [-0.4, -0.2) is 29.7 Å². The van der Waals surface area contributed by atoms with Gasteiger partial charge in [0, 0.05) is 31.1 Å². The van der Waals surface area contributed by atoms with E-state index in [4.69, 9.17) is 4.74 Å². The van der Waals surface area contributed by atoms with Crippen molar-refractivity contribution in [2.75, 3.05) is 13.2 Å². The monoisotopic (exact) mass is 334 g/mol. The number of fused-ring (bicyclic) bond motifs is 1. The van der Waals surface area contributed by atoms with Crippen LogP contribution >= 0.6 is 0 Å². The van der Waals surface area contributed by atoms with Crippen LogP contribution in [0.15, 0.2) is 54.6 Å². The first-order valence-corrected chi connectivity index (χ1v) is 8.78. The summed E-state index contributed by atoms with van der Waals surface area (Å²) in [6, 6.07) is 18.1. The summed E-state index contributed by atoms with van der Waals surface area (Å²) in [5.41, 5.74) is 3.79. The van der Waals surface area contributed by atoms with Crippen molar-refractivity contribution in [3.05, 3.63) is 60.2 Å². The van der Waals surface area contributed by atoms with Crippen molar-refractivity contribution in [1.29, 1.82) is 0 Å². The number of nitrogens with one attached hydrogen (secondary N) is 1.